The molecule has 0 heterocycles. The van der Waals surface area contributed by atoms with Gasteiger partial charge in [-0.1, -0.05) is 6.92 Å². The predicted molar refractivity (Wildman–Crippen MR) is 71.0 cm³/mol. The summed E-state index contributed by atoms with van der Waals surface area (Å²) in [6.45, 7) is 5.92. The smallest absolute Gasteiger partial charge is 0.238 e. The zero-order chi connectivity index (χ0) is 13.6. The molecule has 0 saturated carbocycles. The van der Waals surface area contributed by atoms with Crippen LogP contribution in [0.3, 0.4) is 0 Å². The molecule has 0 radical (unpaired) electrons. The molecule has 0 saturated heterocycles. The zero-order valence-corrected chi connectivity index (χ0v) is 11.6. The summed E-state index contributed by atoms with van der Waals surface area (Å²) < 4.78 is 28.1. The number of sulfonamides is 1. The fourth-order valence-corrected chi connectivity index (χ4v) is 2.13. The Hall–Kier alpha value is -1.11. The van der Waals surface area contributed by atoms with E-state index in [1.165, 1.54) is 6.07 Å². The highest BCUT2D eigenvalue weighted by Crippen LogP contribution is 2.22. The van der Waals surface area contributed by atoms with E-state index >= 15 is 0 Å². The maximum Gasteiger partial charge on any atom is 0.238 e. The molecule has 18 heavy (non-hydrogen) atoms. The Morgan fingerprint density at radius 2 is 2.06 bits per heavy atom. The van der Waals surface area contributed by atoms with Crippen molar-refractivity contribution in [1.82, 2.24) is 5.32 Å². The van der Waals surface area contributed by atoms with Crippen molar-refractivity contribution >= 4 is 10.0 Å². The average Bonchev–Trinajstić information content (AvgIpc) is 2.30. The van der Waals surface area contributed by atoms with Gasteiger partial charge in [-0.25, -0.2) is 13.6 Å². The van der Waals surface area contributed by atoms with Gasteiger partial charge >= 0.3 is 0 Å². The number of nitrogens with two attached hydrogens (primary N) is 1. The Morgan fingerprint density at radius 1 is 1.33 bits per heavy atom. The molecule has 6 heteroatoms. The first-order chi connectivity index (χ1) is 8.49. The minimum Gasteiger partial charge on any atom is -0.494 e. The van der Waals surface area contributed by atoms with Gasteiger partial charge in [-0.05, 0) is 38.1 Å². The van der Waals surface area contributed by atoms with Crippen LogP contribution in [-0.2, 0) is 16.6 Å². The molecular weight excluding hydrogens is 252 g/mol. The van der Waals surface area contributed by atoms with Crippen molar-refractivity contribution < 1.29 is 13.2 Å². The number of benzene rings is 1. The van der Waals surface area contributed by atoms with Crippen molar-refractivity contribution in [3.8, 4) is 5.75 Å². The number of hydrogen-bond donors (Lipinski definition) is 2. The van der Waals surface area contributed by atoms with Gasteiger partial charge < -0.3 is 10.1 Å². The molecule has 0 aliphatic rings. The van der Waals surface area contributed by atoms with Crippen LogP contribution in [0.25, 0.3) is 0 Å². The van der Waals surface area contributed by atoms with Gasteiger partial charge in [0.25, 0.3) is 0 Å². The van der Waals surface area contributed by atoms with Crippen LogP contribution < -0.4 is 15.2 Å². The second-order valence-corrected chi connectivity index (χ2v) is 5.49. The quantitative estimate of drug-likeness (QED) is 0.732. The molecule has 0 bridgehead atoms. The molecule has 0 spiro atoms. The summed E-state index contributed by atoms with van der Waals surface area (Å²) >= 11 is 0. The van der Waals surface area contributed by atoms with E-state index in [1.807, 2.05) is 6.92 Å². The maximum atomic E-state index is 11.3. The van der Waals surface area contributed by atoms with E-state index in [9.17, 15) is 8.42 Å². The summed E-state index contributed by atoms with van der Waals surface area (Å²) in [4.78, 5) is 0.110. The maximum absolute atomic E-state index is 11.3. The van der Waals surface area contributed by atoms with Crippen LogP contribution >= 0.6 is 0 Å². The van der Waals surface area contributed by atoms with Gasteiger partial charge in [-0.2, -0.15) is 0 Å². The number of rotatable bonds is 7. The Labute approximate surface area is 108 Å². The molecule has 0 atom stereocenters. The van der Waals surface area contributed by atoms with E-state index in [0.29, 0.717) is 18.9 Å². The Bertz CT molecular complexity index is 486. The lowest BCUT2D eigenvalue weighted by Crippen LogP contribution is -2.17. The van der Waals surface area contributed by atoms with Crippen molar-refractivity contribution in [2.45, 2.75) is 31.7 Å². The van der Waals surface area contributed by atoms with Gasteiger partial charge in [0.15, 0.2) is 0 Å². The Morgan fingerprint density at radius 3 is 2.61 bits per heavy atom. The van der Waals surface area contributed by atoms with E-state index < -0.39 is 10.0 Å². The summed E-state index contributed by atoms with van der Waals surface area (Å²) in [5.41, 5.74) is 0.803. The van der Waals surface area contributed by atoms with Crippen LogP contribution in [0, 0.1) is 0 Å². The van der Waals surface area contributed by atoms with Gasteiger partial charge in [-0.15, -0.1) is 0 Å². The van der Waals surface area contributed by atoms with Crippen LogP contribution in [0.5, 0.6) is 5.75 Å². The van der Waals surface area contributed by atoms with Crippen LogP contribution in [0.15, 0.2) is 23.1 Å². The minimum atomic E-state index is -3.67. The molecule has 3 N–H and O–H groups in total. The van der Waals surface area contributed by atoms with Crippen molar-refractivity contribution in [1.29, 1.82) is 0 Å². The van der Waals surface area contributed by atoms with Gasteiger partial charge in [0, 0.05) is 12.1 Å². The third-order valence-electron chi connectivity index (χ3n) is 2.40. The average molecular weight is 272 g/mol. The largest absolute Gasteiger partial charge is 0.494 e. The third kappa shape index (κ3) is 4.29. The van der Waals surface area contributed by atoms with Crippen molar-refractivity contribution in [3.63, 3.8) is 0 Å². The van der Waals surface area contributed by atoms with Crippen LogP contribution in [0.2, 0.25) is 0 Å². The number of hydrogen-bond acceptors (Lipinski definition) is 4. The summed E-state index contributed by atoms with van der Waals surface area (Å²) in [6.07, 6.45) is 1.01. The van der Waals surface area contributed by atoms with Crippen LogP contribution in [-0.4, -0.2) is 21.6 Å². The molecule has 0 unspecified atom stereocenters. The monoisotopic (exact) mass is 272 g/mol. The molecule has 0 amide bonds. The summed E-state index contributed by atoms with van der Waals surface area (Å²) in [6, 6.07) is 4.67. The lowest BCUT2D eigenvalue weighted by atomic mass is 10.2. The standard InChI is InChI=1S/C12H20N2O3S/c1-3-7-14-9-10-8-11(18(13,15)16)5-6-12(10)17-4-2/h5-6,8,14H,3-4,7,9H2,1-2H3,(H2,13,15,16). The van der Waals surface area contributed by atoms with Crippen molar-refractivity contribution in [2.75, 3.05) is 13.2 Å². The molecule has 5 nitrogen and oxygen atoms in total. The molecular formula is C12H20N2O3S. The summed E-state index contributed by atoms with van der Waals surface area (Å²) in [5, 5.41) is 8.33. The lowest BCUT2D eigenvalue weighted by Gasteiger charge is -2.12. The lowest BCUT2D eigenvalue weighted by molar-refractivity contribution is 0.335. The second kappa shape index (κ2) is 6.72. The molecule has 1 rings (SSSR count). The highest BCUT2D eigenvalue weighted by molar-refractivity contribution is 7.89. The van der Waals surface area contributed by atoms with Gasteiger partial charge in [0.1, 0.15) is 5.75 Å². The topological polar surface area (TPSA) is 81.4 Å². The van der Waals surface area contributed by atoms with E-state index in [1.54, 1.807) is 12.1 Å². The minimum absolute atomic E-state index is 0.110. The van der Waals surface area contributed by atoms with E-state index in [4.69, 9.17) is 9.88 Å². The fraction of sp³-hybridized carbons (Fsp3) is 0.500. The number of ether oxygens (including phenoxy) is 1. The number of primary sulfonamides is 1. The van der Waals surface area contributed by atoms with E-state index in [-0.39, 0.29) is 4.90 Å². The van der Waals surface area contributed by atoms with Crippen LogP contribution in [0.4, 0.5) is 0 Å². The van der Waals surface area contributed by atoms with Gasteiger partial charge in [-0.3, -0.25) is 0 Å². The van der Waals surface area contributed by atoms with Crippen LogP contribution in [0.1, 0.15) is 25.8 Å². The fourth-order valence-electron chi connectivity index (χ4n) is 1.57. The Kier molecular flexibility index (Phi) is 5.58. The molecule has 0 aromatic heterocycles. The SMILES string of the molecule is CCCNCc1cc(S(N)(=O)=O)ccc1OCC. The first kappa shape index (κ1) is 14.9. The molecule has 1 aromatic carbocycles. The normalized spacial score (nSPS) is 11.5. The van der Waals surface area contributed by atoms with E-state index in [0.717, 1.165) is 18.5 Å². The molecule has 1 aromatic rings. The first-order valence-electron chi connectivity index (χ1n) is 5.98. The predicted octanol–water partition coefficient (Wildman–Crippen LogP) is 1.23. The second-order valence-electron chi connectivity index (χ2n) is 3.92. The van der Waals surface area contributed by atoms with Gasteiger partial charge in [0.2, 0.25) is 10.0 Å². The van der Waals surface area contributed by atoms with E-state index in [2.05, 4.69) is 12.2 Å². The number of nitrogens with one attached hydrogen (secondary N) is 1. The highest BCUT2D eigenvalue weighted by Gasteiger charge is 2.11. The Balaban J connectivity index is 2.99. The zero-order valence-electron chi connectivity index (χ0n) is 10.8. The van der Waals surface area contributed by atoms with Crippen molar-refractivity contribution in [3.05, 3.63) is 23.8 Å². The summed E-state index contributed by atoms with van der Waals surface area (Å²) in [7, 11) is -3.67. The molecule has 0 fully saturated rings. The summed E-state index contributed by atoms with van der Waals surface area (Å²) in [5.74, 6) is 0.688. The first-order valence-corrected chi connectivity index (χ1v) is 7.53. The molecule has 0 aliphatic heterocycles. The van der Waals surface area contributed by atoms with Crippen molar-refractivity contribution in [2.24, 2.45) is 5.14 Å². The molecule has 0 aliphatic carbocycles. The molecule has 102 valence electrons. The third-order valence-corrected chi connectivity index (χ3v) is 3.31. The van der Waals surface area contributed by atoms with Gasteiger partial charge in [0.05, 0.1) is 11.5 Å². The highest BCUT2D eigenvalue weighted by atomic mass is 32.2.